The van der Waals surface area contributed by atoms with Crippen molar-refractivity contribution in [3.8, 4) is 0 Å². The molecule has 1 aliphatic rings. The molecule has 0 bridgehead atoms. The summed E-state index contributed by atoms with van der Waals surface area (Å²) in [6.45, 7) is 6.54. The van der Waals surface area contributed by atoms with E-state index in [0.717, 1.165) is 24.2 Å². The third kappa shape index (κ3) is 1.74. The first-order valence-electron chi connectivity index (χ1n) is 6.69. The van der Waals surface area contributed by atoms with Crippen LogP contribution in [-0.4, -0.2) is 20.6 Å². The van der Waals surface area contributed by atoms with E-state index >= 15 is 0 Å². The summed E-state index contributed by atoms with van der Waals surface area (Å²) in [4.78, 5) is 15.8. The van der Waals surface area contributed by atoms with Crippen molar-refractivity contribution in [3.63, 3.8) is 0 Å². The molecular weight excluding hydrogens is 240 g/mol. The highest BCUT2D eigenvalue weighted by Gasteiger charge is 2.48. The SMILES string of the molecule is CCc1nc2c(C(=O)O)cccc2n1C1CC1(C)C. The van der Waals surface area contributed by atoms with Crippen molar-refractivity contribution in [3.05, 3.63) is 29.6 Å². The van der Waals surface area contributed by atoms with Crippen LogP contribution in [0.1, 0.15) is 49.4 Å². The van der Waals surface area contributed by atoms with Crippen LogP contribution in [0.4, 0.5) is 0 Å². The number of nitrogens with zero attached hydrogens (tertiary/aromatic N) is 2. The lowest BCUT2D eigenvalue weighted by molar-refractivity contribution is 0.0699. The van der Waals surface area contributed by atoms with Crippen LogP contribution in [0.15, 0.2) is 18.2 Å². The Labute approximate surface area is 112 Å². The van der Waals surface area contributed by atoms with Gasteiger partial charge in [-0.25, -0.2) is 9.78 Å². The lowest BCUT2D eigenvalue weighted by Crippen LogP contribution is -2.04. The van der Waals surface area contributed by atoms with E-state index in [2.05, 4.69) is 30.3 Å². The van der Waals surface area contributed by atoms with Crippen molar-refractivity contribution in [2.75, 3.05) is 0 Å². The Kier molecular flexibility index (Phi) is 2.46. The molecule has 1 aromatic heterocycles. The zero-order valence-electron chi connectivity index (χ0n) is 11.5. The topological polar surface area (TPSA) is 55.1 Å². The number of aryl methyl sites for hydroxylation is 1. The second-order valence-electron chi connectivity index (χ2n) is 5.94. The predicted molar refractivity (Wildman–Crippen MR) is 73.5 cm³/mol. The van der Waals surface area contributed by atoms with Crippen molar-refractivity contribution >= 4 is 17.0 Å². The van der Waals surface area contributed by atoms with Gasteiger partial charge in [-0.05, 0) is 24.0 Å². The van der Waals surface area contributed by atoms with Crippen LogP contribution in [-0.2, 0) is 6.42 Å². The first-order valence-corrected chi connectivity index (χ1v) is 6.69. The van der Waals surface area contributed by atoms with E-state index in [-0.39, 0.29) is 5.41 Å². The summed E-state index contributed by atoms with van der Waals surface area (Å²) >= 11 is 0. The van der Waals surface area contributed by atoms with Crippen LogP contribution < -0.4 is 0 Å². The monoisotopic (exact) mass is 258 g/mol. The average Bonchev–Trinajstić information content (AvgIpc) is 2.84. The molecule has 19 heavy (non-hydrogen) atoms. The number of imidazole rings is 1. The summed E-state index contributed by atoms with van der Waals surface area (Å²) in [5.74, 6) is 0.0761. The quantitative estimate of drug-likeness (QED) is 0.919. The smallest absolute Gasteiger partial charge is 0.337 e. The number of hydrogen-bond acceptors (Lipinski definition) is 2. The lowest BCUT2D eigenvalue weighted by atomic mass is 10.1. The van der Waals surface area contributed by atoms with Gasteiger partial charge in [0.2, 0.25) is 0 Å². The number of carboxylic acids is 1. The van der Waals surface area contributed by atoms with Crippen LogP contribution in [0.2, 0.25) is 0 Å². The molecule has 0 radical (unpaired) electrons. The zero-order valence-corrected chi connectivity index (χ0v) is 11.5. The number of hydrogen-bond donors (Lipinski definition) is 1. The Hall–Kier alpha value is -1.84. The second-order valence-corrected chi connectivity index (χ2v) is 5.94. The third-order valence-electron chi connectivity index (χ3n) is 4.11. The molecule has 1 heterocycles. The molecule has 1 aliphatic carbocycles. The Bertz CT molecular complexity index is 670. The number of fused-ring (bicyclic) bond motifs is 1. The molecule has 0 saturated heterocycles. The van der Waals surface area contributed by atoms with Gasteiger partial charge in [0.05, 0.1) is 11.1 Å². The van der Waals surface area contributed by atoms with Gasteiger partial charge in [-0.3, -0.25) is 0 Å². The number of para-hydroxylation sites is 1. The zero-order chi connectivity index (χ0) is 13.8. The lowest BCUT2D eigenvalue weighted by Gasteiger charge is -2.10. The van der Waals surface area contributed by atoms with Crippen molar-refractivity contribution in [2.24, 2.45) is 5.41 Å². The van der Waals surface area contributed by atoms with E-state index < -0.39 is 5.97 Å². The number of carboxylic acid groups (broad SMARTS) is 1. The molecule has 100 valence electrons. The molecule has 1 fully saturated rings. The highest BCUT2D eigenvalue weighted by atomic mass is 16.4. The van der Waals surface area contributed by atoms with E-state index in [1.165, 1.54) is 0 Å². The fourth-order valence-corrected chi connectivity index (χ4v) is 2.82. The van der Waals surface area contributed by atoms with Gasteiger partial charge < -0.3 is 9.67 Å². The fourth-order valence-electron chi connectivity index (χ4n) is 2.82. The number of carbonyl (C=O) groups is 1. The molecule has 1 unspecified atom stereocenters. The summed E-state index contributed by atoms with van der Waals surface area (Å²) in [6, 6.07) is 5.84. The van der Waals surface area contributed by atoms with Gasteiger partial charge in [0.1, 0.15) is 11.3 Å². The molecule has 3 rings (SSSR count). The molecule has 2 aromatic rings. The number of aromatic nitrogens is 2. The van der Waals surface area contributed by atoms with Crippen molar-refractivity contribution in [1.29, 1.82) is 0 Å². The predicted octanol–water partition coefficient (Wildman–Crippen LogP) is 3.27. The maximum atomic E-state index is 11.3. The van der Waals surface area contributed by atoms with Crippen LogP contribution in [0, 0.1) is 5.41 Å². The molecule has 0 amide bonds. The van der Waals surface area contributed by atoms with Crippen LogP contribution in [0.5, 0.6) is 0 Å². The minimum absolute atomic E-state index is 0.288. The number of benzene rings is 1. The van der Waals surface area contributed by atoms with Gasteiger partial charge in [-0.2, -0.15) is 0 Å². The normalized spacial score (nSPS) is 20.7. The maximum absolute atomic E-state index is 11.3. The molecule has 1 atom stereocenters. The average molecular weight is 258 g/mol. The second kappa shape index (κ2) is 3.83. The van der Waals surface area contributed by atoms with E-state index in [1.807, 2.05) is 6.07 Å². The highest BCUT2D eigenvalue weighted by molar-refractivity contribution is 6.01. The molecule has 4 nitrogen and oxygen atoms in total. The Morgan fingerprint density at radius 3 is 2.74 bits per heavy atom. The van der Waals surface area contributed by atoms with Crippen LogP contribution >= 0.6 is 0 Å². The molecule has 1 N–H and O–H groups in total. The minimum atomic E-state index is -0.909. The van der Waals surface area contributed by atoms with E-state index in [9.17, 15) is 9.90 Å². The van der Waals surface area contributed by atoms with Crippen molar-refractivity contribution < 1.29 is 9.90 Å². The minimum Gasteiger partial charge on any atom is -0.478 e. The maximum Gasteiger partial charge on any atom is 0.337 e. The largest absolute Gasteiger partial charge is 0.478 e. The van der Waals surface area contributed by atoms with E-state index in [1.54, 1.807) is 12.1 Å². The molecular formula is C15H18N2O2. The van der Waals surface area contributed by atoms with Gasteiger partial charge in [0.15, 0.2) is 0 Å². The van der Waals surface area contributed by atoms with Gasteiger partial charge in [0, 0.05) is 12.5 Å². The third-order valence-corrected chi connectivity index (χ3v) is 4.11. The first-order chi connectivity index (χ1) is 8.95. The summed E-state index contributed by atoms with van der Waals surface area (Å²) < 4.78 is 2.24. The van der Waals surface area contributed by atoms with Gasteiger partial charge in [0.25, 0.3) is 0 Å². The highest BCUT2D eigenvalue weighted by Crippen LogP contribution is 2.56. The molecule has 1 saturated carbocycles. The fraction of sp³-hybridized carbons (Fsp3) is 0.467. The Morgan fingerprint density at radius 1 is 1.53 bits per heavy atom. The molecule has 0 spiro atoms. The summed E-state index contributed by atoms with van der Waals surface area (Å²) in [7, 11) is 0. The summed E-state index contributed by atoms with van der Waals surface area (Å²) in [5.41, 5.74) is 2.16. The molecule has 0 aliphatic heterocycles. The molecule has 4 heteroatoms. The standard InChI is InChI=1S/C15H18N2O2/c1-4-12-16-13-9(14(18)19)6-5-7-10(13)17(12)11-8-15(11,2)3/h5-7,11H,4,8H2,1-3H3,(H,18,19). The van der Waals surface area contributed by atoms with Crippen molar-refractivity contribution in [1.82, 2.24) is 9.55 Å². The number of rotatable bonds is 3. The van der Waals surface area contributed by atoms with Crippen LogP contribution in [0.3, 0.4) is 0 Å². The Balaban J connectivity index is 2.26. The van der Waals surface area contributed by atoms with Crippen LogP contribution in [0.25, 0.3) is 11.0 Å². The van der Waals surface area contributed by atoms with Gasteiger partial charge in [-0.1, -0.05) is 26.8 Å². The first kappa shape index (κ1) is 12.2. The van der Waals surface area contributed by atoms with Gasteiger partial charge in [-0.15, -0.1) is 0 Å². The van der Waals surface area contributed by atoms with Gasteiger partial charge >= 0.3 is 5.97 Å². The number of aromatic carboxylic acids is 1. The van der Waals surface area contributed by atoms with Crippen molar-refractivity contribution in [2.45, 2.75) is 39.7 Å². The summed E-state index contributed by atoms with van der Waals surface area (Å²) in [5, 5.41) is 9.26. The van der Waals surface area contributed by atoms with E-state index in [0.29, 0.717) is 17.1 Å². The van der Waals surface area contributed by atoms with E-state index in [4.69, 9.17) is 0 Å². The molecule has 1 aromatic carbocycles. The summed E-state index contributed by atoms with van der Waals surface area (Å²) in [6.07, 6.45) is 1.95. The Morgan fingerprint density at radius 2 is 2.21 bits per heavy atom.